The maximum Gasteiger partial charge on any atom is 0.249 e. The molecule has 2 unspecified atom stereocenters. The number of aromatic nitrogens is 2. The normalized spacial score (nSPS) is 34.3. The van der Waals surface area contributed by atoms with Crippen LogP contribution in [-0.2, 0) is 11.3 Å². The smallest absolute Gasteiger partial charge is 0.249 e. The fourth-order valence-electron chi connectivity index (χ4n) is 6.67. The molecule has 5 saturated carbocycles. The van der Waals surface area contributed by atoms with Gasteiger partial charge in [0.05, 0.1) is 22.5 Å². The van der Waals surface area contributed by atoms with Crippen LogP contribution in [0.1, 0.15) is 57.3 Å². The van der Waals surface area contributed by atoms with Gasteiger partial charge in [0.1, 0.15) is 0 Å². The number of nitrogens with zero attached hydrogens (tertiary/aromatic N) is 3. The molecule has 7 heteroatoms. The summed E-state index contributed by atoms with van der Waals surface area (Å²) in [6.07, 6.45) is 8.31. The molecule has 1 heterocycles. The van der Waals surface area contributed by atoms with Crippen LogP contribution < -0.4 is 0 Å². The van der Waals surface area contributed by atoms with Crippen LogP contribution in [0.2, 0.25) is 5.02 Å². The number of benzene rings is 1. The SMILES string of the molecule is O=C(N(Cc1nnc(-c2ccccc2Cl)o1)C1CC1)C12CC3CC(CC(Cl)(C3)C1)C2. The van der Waals surface area contributed by atoms with E-state index in [1.807, 2.05) is 23.1 Å². The molecular formula is C23H25Cl2N3O2. The molecule has 5 aliphatic rings. The minimum atomic E-state index is -0.292. The molecule has 30 heavy (non-hydrogen) atoms. The first-order valence-corrected chi connectivity index (χ1v) is 11.8. The van der Waals surface area contributed by atoms with Gasteiger partial charge in [-0.15, -0.1) is 21.8 Å². The van der Waals surface area contributed by atoms with Gasteiger partial charge in [0.25, 0.3) is 0 Å². The third-order valence-corrected chi connectivity index (χ3v) is 8.34. The number of alkyl halides is 1. The van der Waals surface area contributed by atoms with Crippen LogP contribution in [0.4, 0.5) is 0 Å². The highest BCUT2D eigenvalue weighted by Gasteiger charge is 2.61. The van der Waals surface area contributed by atoms with Crippen molar-refractivity contribution in [2.45, 2.75) is 68.8 Å². The number of rotatable bonds is 5. The predicted molar refractivity (Wildman–Crippen MR) is 114 cm³/mol. The lowest BCUT2D eigenvalue weighted by Crippen LogP contribution is -2.59. The van der Waals surface area contributed by atoms with Crippen molar-refractivity contribution in [1.29, 1.82) is 0 Å². The molecule has 0 spiro atoms. The molecule has 158 valence electrons. The summed E-state index contributed by atoms with van der Waals surface area (Å²) < 4.78 is 5.92. The maximum atomic E-state index is 13.9. The first-order valence-electron chi connectivity index (χ1n) is 11.0. The summed E-state index contributed by atoms with van der Waals surface area (Å²) in [6.45, 7) is 0.368. The van der Waals surface area contributed by atoms with Gasteiger partial charge in [-0.25, -0.2) is 0 Å². The van der Waals surface area contributed by atoms with E-state index >= 15 is 0 Å². The number of hydrogen-bond donors (Lipinski definition) is 0. The fourth-order valence-corrected chi connectivity index (χ4v) is 7.57. The molecule has 1 aromatic heterocycles. The highest BCUT2D eigenvalue weighted by Crippen LogP contribution is 2.64. The lowest BCUT2D eigenvalue weighted by Gasteiger charge is -2.59. The molecule has 0 saturated heterocycles. The number of carbonyl (C=O) groups is 1. The highest BCUT2D eigenvalue weighted by molar-refractivity contribution is 6.33. The van der Waals surface area contributed by atoms with Crippen molar-refractivity contribution in [2.24, 2.45) is 17.3 Å². The molecule has 5 aliphatic carbocycles. The van der Waals surface area contributed by atoms with Gasteiger partial charge < -0.3 is 9.32 Å². The summed E-state index contributed by atoms with van der Waals surface area (Å²) in [5, 5.41) is 8.99. The minimum Gasteiger partial charge on any atom is -0.419 e. The molecule has 1 amide bonds. The molecule has 0 radical (unpaired) electrons. The summed E-state index contributed by atoms with van der Waals surface area (Å²) in [5.41, 5.74) is 0.424. The Morgan fingerprint density at radius 1 is 1.13 bits per heavy atom. The van der Waals surface area contributed by atoms with Crippen LogP contribution in [0, 0.1) is 17.3 Å². The van der Waals surface area contributed by atoms with Crippen molar-refractivity contribution >= 4 is 29.1 Å². The Kier molecular flexibility index (Phi) is 4.27. The van der Waals surface area contributed by atoms with Gasteiger partial charge in [-0.1, -0.05) is 23.7 Å². The van der Waals surface area contributed by atoms with E-state index in [9.17, 15) is 4.79 Å². The quantitative estimate of drug-likeness (QED) is 0.573. The van der Waals surface area contributed by atoms with Crippen LogP contribution in [0.3, 0.4) is 0 Å². The van der Waals surface area contributed by atoms with E-state index in [2.05, 4.69) is 10.2 Å². The second-order valence-electron chi connectivity index (χ2n) is 10.0. The molecule has 2 aromatic rings. The van der Waals surface area contributed by atoms with E-state index in [-0.39, 0.29) is 22.2 Å². The Labute approximate surface area is 186 Å². The minimum absolute atomic E-state index is 0.170. The Balaban J connectivity index is 1.26. The zero-order valence-electron chi connectivity index (χ0n) is 16.8. The van der Waals surface area contributed by atoms with Crippen LogP contribution in [0.5, 0.6) is 0 Å². The van der Waals surface area contributed by atoms with E-state index in [0.29, 0.717) is 40.7 Å². The Morgan fingerprint density at radius 2 is 1.87 bits per heavy atom. The topological polar surface area (TPSA) is 59.2 Å². The molecule has 0 N–H and O–H groups in total. The van der Waals surface area contributed by atoms with E-state index in [1.165, 1.54) is 6.42 Å². The average Bonchev–Trinajstić information content (AvgIpc) is 3.42. The monoisotopic (exact) mass is 445 g/mol. The molecular weight excluding hydrogens is 421 g/mol. The number of halogens is 2. The van der Waals surface area contributed by atoms with E-state index in [0.717, 1.165) is 44.9 Å². The van der Waals surface area contributed by atoms with Crippen molar-refractivity contribution in [3.63, 3.8) is 0 Å². The van der Waals surface area contributed by atoms with E-state index in [4.69, 9.17) is 27.6 Å². The van der Waals surface area contributed by atoms with Gasteiger partial charge in [-0.2, -0.15) is 0 Å². The van der Waals surface area contributed by atoms with Crippen molar-refractivity contribution < 1.29 is 9.21 Å². The largest absolute Gasteiger partial charge is 0.419 e. The van der Waals surface area contributed by atoms with Crippen LogP contribution in [0.25, 0.3) is 11.5 Å². The molecule has 5 nitrogen and oxygen atoms in total. The zero-order chi connectivity index (χ0) is 20.5. The zero-order valence-corrected chi connectivity index (χ0v) is 18.3. The van der Waals surface area contributed by atoms with Crippen molar-refractivity contribution in [1.82, 2.24) is 15.1 Å². The fraction of sp³-hybridized carbons (Fsp3) is 0.609. The standard InChI is InChI=1S/C23H25Cl2N3O2/c24-18-4-2-1-3-17(18)20-27-26-19(30-20)12-28(16-5-6-16)21(29)22-8-14-7-15(9-22)11-23(25,10-14)13-22/h1-4,14-16H,5-13H2. The van der Waals surface area contributed by atoms with Crippen LogP contribution >= 0.6 is 23.2 Å². The predicted octanol–water partition coefficient (Wildman–Crippen LogP) is 5.46. The highest BCUT2D eigenvalue weighted by atomic mass is 35.5. The lowest BCUT2D eigenvalue weighted by atomic mass is 9.49. The summed E-state index contributed by atoms with van der Waals surface area (Å²) >= 11 is 13.3. The third-order valence-electron chi connectivity index (χ3n) is 7.57. The lowest BCUT2D eigenvalue weighted by molar-refractivity contribution is -0.157. The van der Waals surface area contributed by atoms with E-state index < -0.39 is 0 Å². The number of hydrogen-bond acceptors (Lipinski definition) is 4. The molecule has 0 aliphatic heterocycles. The third kappa shape index (κ3) is 3.16. The maximum absolute atomic E-state index is 13.9. The second-order valence-corrected chi connectivity index (χ2v) is 11.2. The first kappa shape index (κ1) is 19.1. The van der Waals surface area contributed by atoms with Crippen molar-refractivity contribution in [3.05, 3.63) is 35.2 Å². The summed E-state index contributed by atoms with van der Waals surface area (Å²) in [5.74, 6) is 2.33. The number of carbonyl (C=O) groups excluding carboxylic acids is 1. The Bertz CT molecular complexity index is 988. The number of amides is 1. The Morgan fingerprint density at radius 3 is 2.53 bits per heavy atom. The van der Waals surface area contributed by atoms with E-state index in [1.54, 1.807) is 6.07 Å². The van der Waals surface area contributed by atoms with Crippen molar-refractivity contribution in [2.75, 3.05) is 0 Å². The van der Waals surface area contributed by atoms with Gasteiger partial charge in [-0.05, 0) is 75.3 Å². The molecule has 1 aromatic carbocycles. The Hall–Kier alpha value is -1.59. The van der Waals surface area contributed by atoms with Gasteiger partial charge in [-0.3, -0.25) is 4.79 Å². The van der Waals surface area contributed by atoms with Gasteiger partial charge in [0.2, 0.25) is 17.7 Å². The van der Waals surface area contributed by atoms with Crippen LogP contribution in [0.15, 0.2) is 28.7 Å². The van der Waals surface area contributed by atoms with Gasteiger partial charge >= 0.3 is 0 Å². The molecule has 7 rings (SSSR count). The molecule has 2 atom stereocenters. The summed E-state index contributed by atoms with van der Waals surface area (Å²) in [4.78, 5) is 15.8. The first-order chi connectivity index (χ1) is 14.4. The van der Waals surface area contributed by atoms with Crippen molar-refractivity contribution in [3.8, 4) is 11.5 Å². The summed E-state index contributed by atoms with van der Waals surface area (Å²) in [7, 11) is 0. The van der Waals surface area contributed by atoms with Crippen LogP contribution in [-0.4, -0.2) is 31.9 Å². The second kappa shape index (κ2) is 6.70. The average molecular weight is 446 g/mol. The van der Waals surface area contributed by atoms with Gasteiger partial charge in [0, 0.05) is 10.9 Å². The van der Waals surface area contributed by atoms with Gasteiger partial charge in [0.15, 0.2) is 0 Å². The summed E-state index contributed by atoms with van der Waals surface area (Å²) in [6, 6.07) is 7.70. The molecule has 5 fully saturated rings. The molecule has 4 bridgehead atoms.